The van der Waals surface area contributed by atoms with E-state index in [0.717, 1.165) is 42.5 Å². The molecule has 0 bridgehead atoms. The molecule has 1 spiro atoms. The second kappa shape index (κ2) is 6.24. The first-order valence-electron chi connectivity index (χ1n) is 8.11. The highest BCUT2D eigenvalue weighted by atomic mass is 127. The number of sulfonamides is 1. The lowest BCUT2D eigenvalue weighted by Crippen LogP contribution is -2.60. The first-order chi connectivity index (χ1) is 11.8. The van der Waals surface area contributed by atoms with E-state index in [4.69, 9.17) is 0 Å². The molecule has 0 unspecified atom stereocenters. The number of hydrogen-bond acceptors (Lipinski definition) is 6. The normalized spacial score (nSPS) is 28.8. The number of hydrogen-bond donors (Lipinski definition) is 1. The average molecular weight is 493 g/mol. The van der Waals surface area contributed by atoms with Crippen molar-refractivity contribution >= 4 is 57.2 Å². The lowest BCUT2D eigenvalue weighted by atomic mass is 9.52. The van der Waals surface area contributed by atoms with Crippen LogP contribution in [0.2, 0.25) is 0 Å². The van der Waals surface area contributed by atoms with E-state index in [0.29, 0.717) is 11.5 Å². The minimum absolute atomic E-state index is 0.113. The predicted molar refractivity (Wildman–Crippen MR) is 109 cm³/mol. The Morgan fingerprint density at radius 1 is 1.36 bits per heavy atom. The number of anilines is 1. The van der Waals surface area contributed by atoms with E-state index in [9.17, 15) is 8.42 Å². The van der Waals surface area contributed by atoms with Crippen LogP contribution in [0, 0.1) is 5.41 Å². The number of halogens is 1. The van der Waals surface area contributed by atoms with Crippen molar-refractivity contribution in [2.45, 2.75) is 37.8 Å². The Labute approximate surface area is 163 Å². The molecule has 0 atom stereocenters. The van der Waals surface area contributed by atoms with Gasteiger partial charge in [-0.2, -0.15) is 0 Å². The monoisotopic (exact) mass is 493 g/mol. The maximum Gasteiger partial charge on any atom is 0.208 e. The lowest BCUT2D eigenvalue weighted by molar-refractivity contribution is -0.0120. The molecule has 25 heavy (non-hydrogen) atoms. The molecule has 0 radical (unpaired) electrons. The third-order valence-corrected chi connectivity index (χ3v) is 7.94. The van der Waals surface area contributed by atoms with E-state index >= 15 is 0 Å². The van der Waals surface area contributed by atoms with E-state index in [1.54, 1.807) is 15.4 Å². The Morgan fingerprint density at radius 3 is 2.72 bits per heavy atom. The van der Waals surface area contributed by atoms with Crippen molar-refractivity contribution < 1.29 is 8.42 Å². The predicted octanol–water partition coefficient (Wildman–Crippen LogP) is 2.57. The molecule has 1 N–H and O–H groups in total. The van der Waals surface area contributed by atoms with Crippen LogP contribution in [0.4, 0.5) is 5.82 Å². The zero-order chi connectivity index (χ0) is 17.8. The number of fused-ring (bicyclic) bond motifs is 1. The summed E-state index contributed by atoms with van der Waals surface area (Å²) < 4.78 is 27.4. The molecule has 2 aliphatic carbocycles. The molecule has 0 aromatic carbocycles. The highest BCUT2D eigenvalue weighted by Gasteiger charge is 2.54. The molecule has 0 saturated heterocycles. The summed E-state index contributed by atoms with van der Waals surface area (Å²) in [5, 5.41) is 1.07. The summed E-state index contributed by atoms with van der Waals surface area (Å²) in [4.78, 5) is 11.2. The van der Waals surface area contributed by atoms with Gasteiger partial charge in [0.2, 0.25) is 10.0 Å². The van der Waals surface area contributed by atoms with Crippen LogP contribution in [0.3, 0.4) is 0 Å². The van der Waals surface area contributed by atoms with Gasteiger partial charge in [0.15, 0.2) is 5.65 Å². The van der Waals surface area contributed by atoms with E-state index in [1.807, 2.05) is 10.2 Å². The van der Waals surface area contributed by atoms with Crippen molar-refractivity contribution in [1.29, 1.82) is 0 Å². The largest absolute Gasteiger partial charge is 0.356 e. The average Bonchev–Trinajstić information content (AvgIpc) is 2.89. The fourth-order valence-corrected chi connectivity index (χ4v) is 6.39. The van der Waals surface area contributed by atoms with Crippen LogP contribution >= 0.6 is 30.3 Å². The summed E-state index contributed by atoms with van der Waals surface area (Å²) in [5.41, 5.74) is 1.25. The molecule has 7 nitrogen and oxygen atoms in total. The lowest BCUT2D eigenvalue weighted by Gasteiger charge is -2.59. The Hall–Kier alpha value is -0.590. The highest BCUT2D eigenvalue weighted by molar-refractivity contribution is 14.2. The molecule has 2 aliphatic rings. The van der Waals surface area contributed by atoms with Gasteiger partial charge in [0.25, 0.3) is 0 Å². The molecule has 136 valence electrons. The van der Waals surface area contributed by atoms with Gasteiger partial charge in [0.1, 0.15) is 12.1 Å². The third-order valence-electron chi connectivity index (χ3n) is 5.46. The topological polar surface area (TPSA) is 80.1 Å². The van der Waals surface area contributed by atoms with Crippen molar-refractivity contribution in [3.8, 4) is 0 Å². The zero-order valence-corrected chi connectivity index (χ0v) is 17.8. The summed E-state index contributed by atoms with van der Waals surface area (Å²) >= 11 is 2.24. The molecule has 0 amide bonds. The standard InChI is InChI=1S/C15H20IN5O2S2/c1-20(13-12-3-4-21(24-16)14(12)18-9-17-13)11-7-15(8-11)5-10(6-15)19-25(2,22)23/h3-4,9-11,19H,5-8H2,1-2H3. The SMILES string of the molecule is CN(c1ncnc2c1ccn2SI)C1CC2(CC(NS(C)(=O)=O)C2)C1. The van der Waals surface area contributed by atoms with Gasteiger partial charge in [-0.05, 0) is 37.2 Å². The van der Waals surface area contributed by atoms with Gasteiger partial charge in [-0.15, -0.1) is 0 Å². The molecule has 2 saturated carbocycles. The molecule has 4 rings (SSSR count). The molecule has 2 heterocycles. The number of nitrogens with zero attached hydrogens (tertiary/aromatic N) is 4. The van der Waals surface area contributed by atoms with Crippen molar-refractivity contribution in [3.63, 3.8) is 0 Å². The van der Waals surface area contributed by atoms with Crippen LogP contribution in [0.1, 0.15) is 25.7 Å². The molecule has 2 aromatic rings. The number of rotatable bonds is 5. The highest BCUT2D eigenvalue weighted by Crippen LogP contribution is 2.57. The molecular weight excluding hydrogens is 473 g/mol. The van der Waals surface area contributed by atoms with Gasteiger partial charge in [0, 0.05) is 55.7 Å². The van der Waals surface area contributed by atoms with Crippen LogP contribution in [-0.4, -0.2) is 47.7 Å². The van der Waals surface area contributed by atoms with Gasteiger partial charge in [0.05, 0.1) is 11.6 Å². The van der Waals surface area contributed by atoms with Crippen LogP contribution in [0.15, 0.2) is 18.6 Å². The van der Waals surface area contributed by atoms with Gasteiger partial charge >= 0.3 is 0 Å². The van der Waals surface area contributed by atoms with Crippen LogP contribution in [-0.2, 0) is 10.0 Å². The Bertz CT molecular complexity index is 902. The smallest absolute Gasteiger partial charge is 0.208 e. The second-order valence-electron chi connectivity index (χ2n) is 7.31. The first kappa shape index (κ1) is 17.8. The van der Waals surface area contributed by atoms with Crippen molar-refractivity contribution in [2.24, 2.45) is 5.41 Å². The fourth-order valence-electron chi connectivity index (χ4n) is 4.34. The summed E-state index contributed by atoms with van der Waals surface area (Å²) in [6, 6.07) is 2.63. The fraction of sp³-hybridized carbons (Fsp3) is 0.600. The van der Waals surface area contributed by atoms with E-state index in [-0.39, 0.29) is 6.04 Å². The number of aromatic nitrogens is 3. The van der Waals surface area contributed by atoms with E-state index in [2.05, 4.69) is 53.9 Å². The minimum Gasteiger partial charge on any atom is -0.356 e. The van der Waals surface area contributed by atoms with Crippen molar-refractivity contribution in [1.82, 2.24) is 18.7 Å². The quantitative estimate of drug-likeness (QED) is 0.646. The summed E-state index contributed by atoms with van der Waals surface area (Å²) in [6.07, 6.45) is 8.97. The summed E-state index contributed by atoms with van der Waals surface area (Å²) in [6.45, 7) is 0. The zero-order valence-electron chi connectivity index (χ0n) is 14.0. The van der Waals surface area contributed by atoms with Gasteiger partial charge in [-0.1, -0.05) is 0 Å². The molecule has 2 aromatic heterocycles. The Kier molecular flexibility index (Phi) is 4.44. The minimum atomic E-state index is -3.10. The summed E-state index contributed by atoms with van der Waals surface area (Å²) in [5.74, 6) is 0.971. The van der Waals surface area contributed by atoms with Gasteiger partial charge in [-0.25, -0.2) is 23.1 Å². The van der Waals surface area contributed by atoms with Crippen LogP contribution in [0.25, 0.3) is 11.0 Å². The maximum absolute atomic E-state index is 11.3. The van der Waals surface area contributed by atoms with Crippen molar-refractivity contribution in [2.75, 3.05) is 18.2 Å². The van der Waals surface area contributed by atoms with E-state index < -0.39 is 10.0 Å². The first-order valence-corrected chi connectivity index (χ1v) is 13.3. The Balaban J connectivity index is 1.43. The van der Waals surface area contributed by atoms with Gasteiger partial charge < -0.3 is 4.90 Å². The second-order valence-corrected chi connectivity index (χ2v) is 10.8. The molecule has 10 heteroatoms. The molecule has 2 fully saturated rings. The third kappa shape index (κ3) is 3.26. The van der Waals surface area contributed by atoms with Gasteiger partial charge in [-0.3, -0.25) is 3.97 Å². The Morgan fingerprint density at radius 2 is 2.08 bits per heavy atom. The van der Waals surface area contributed by atoms with Crippen LogP contribution in [0.5, 0.6) is 0 Å². The number of nitrogens with one attached hydrogen (secondary N) is 1. The molecule has 0 aliphatic heterocycles. The maximum atomic E-state index is 11.3. The van der Waals surface area contributed by atoms with Crippen LogP contribution < -0.4 is 9.62 Å². The van der Waals surface area contributed by atoms with E-state index in [1.165, 1.54) is 6.26 Å². The molecular formula is C15H20IN5O2S2. The summed E-state index contributed by atoms with van der Waals surface area (Å²) in [7, 11) is 0.590. The van der Waals surface area contributed by atoms with Crippen molar-refractivity contribution in [3.05, 3.63) is 18.6 Å².